The first-order chi connectivity index (χ1) is 12.0. The molecule has 7 heteroatoms. The summed E-state index contributed by atoms with van der Waals surface area (Å²) in [5, 5.41) is 5.61. The lowest BCUT2D eigenvalue weighted by atomic mass is 10.2. The summed E-state index contributed by atoms with van der Waals surface area (Å²) >= 11 is 3.35. The van der Waals surface area contributed by atoms with Crippen molar-refractivity contribution in [3.05, 3.63) is 53.0 Å². The van der Waals surface area contributed by atoms with Crippen molar-refractivity contribution >= 4 is 39.2 Å². The number of carbonyl (C=O) groups excluding carboxylic acids is 2. The van der Waals surface area contributed by atoms with Gasteiger partial charge in [0.15, 0.2) is 0 Å². The van der Waals surface area contributed by atoms with Crippen LogP contribution in [0.4, 0.5) is 16.2 Å². The molecule has 25 heavy (non-hydrogen) atoms. The predicted octanol–water partition coefficient (Wildman–Crippen LogP) is 3.38. The number of nitrogens with zero attached hydrogens (tertiary/aromatic N) is 1. The van der Waals surface area contributed by atoms with Gasteiger partial charge in [-0.15, -0.1) is 0 Å². The summed E-state index contributed by atoms with van der Waals surface area (Å²) < 4.78 is 6.13. The van der Waals surface area contributed by atoms with Crippen LogP contribution in [0.15, 0.2) is 53.0 Å². The number of rotatable bonds is 4. The summed E-state index contributed by atoms with van der Waals surface area (Å²) in [5.41, 5.74) is 1.46. The highest BCUT2D eigenvalue weighted by atomic mass is 79.9. The highest BCUT2D eigenvalue weighted by molar-refractivity contribution is 9.10. The third kappa shape index (κ3) is 4.30. The average Bonchev–Trinajstić information content (AvgIpc) is 2.97. The maximum atomic E-state index is 12.3. The third-order valence-corrected chi connectivity index (χ3v) is 4.46. The number of hydrogen-bond acceptors (Lipinski definition) is 3. The van der Waals surface area contributed by atoms with E-state index in [1.165, 1.54) is 0 Å². The summed E-state index contributed by atoms with van der Waals surface area (Å²) in [6.07, 6.45) is 0.269. The van der Waals surface area contributed by atoms with Crippen LogP contribution in [0.1, 0.15) is 6.42 Å². The first-order valence-corrected chi connectivity index (χ1v) is 8.62. The van der Waals surface area contributed by atoms with Gasteiger partial charge in [-0.1, -0.05) is 22.0 Å². The molecule has 2 N–H and O–H groups in total. The number of nitrogens with one attached hydrogen (secondary N) is 2. The van der Waals surface area contributed by atoms with Crippen molar-refractivity contribution in [3.8, 4) is 5.75 Å². The van der Waals surface area contributed by atoms with Crippen LogP contribution in [-0.4, -0.2) is 31.6 Å². The molecule has 1 fully saturated rings. The SMILES string of the molecule is COc1cccc(N2C[C@@H](NC(=O)Nc3ccc(Br)cc3)CC2=O)c1. The van der Waals surface area contributed by atoms with E-state index < -0.39 is 0 Å². The van der Waals surface area contributed by atoms with Crippen molar-refractivity contribution in [2.24, 2.45) is 0 Å². The molecule has 130 valence electrons. The topological polar surface area (TPSA) is 70.7 Å². The molecular weight excluding hydrogens is 386 g/mol. The van der Waals surface area contributed by atoms with Crippen molar-refractivity contribution < 1.29 is 14.3 Å². The molecular formula is C18H18BrN3O3. The molecule has 3 amide bonds. The molecule has 1 saturated heterocycles. The normalized spacial score (nSPS) is 16.6. The highest BCUT2D eigenvalue weighted by Gasteiger charge is 2.31. The zero-order chi connectivity index (χ0) is 17.8. The smallest absolute Gasteiger partial charge is 0.319 e. The Labute approximate surface area is 154 Å². The molecule has 0 bridgehead atoms. The summed E-state index contributed by atoms with van der Waals surface area (Å²) in [6.45, 7) is 0.430. The van der Waals surface area contributed by atoms with Crippen LogP contribution in [-0.2, 0) is 4.79 Å². The molecule has 1 atom stereocenters. The van der Waals surface area contributed by atoms with Gasteiger partial charge in [-0.2, -0.15) is 0 Å². The van der Waals surface area contributed by atoms with E-state index in [4.69, 9.17) is 4.74 Å². The van der Waals surface area contributed by atoms with E-state index >= 15 is 0 Å². The number of methoxy groups -OCH3 is 1. The molecule has 1 aliphatic rings. The minimum absolute atomic E-state index is 0.0257. The molecule has 3 rings (SSSR count). The van der Waals surface area contributed by atoms with Gasteiger partial charge in [0.2, 0.25) is 5.91 Å². The maximum absolute atomic E-state index is 12.3. The predicted molar refractivity (Wildman–Crippen MR) is 100 cm³/mol. The standard InChI is InChI=1S/C18H18BrN3O3/c1-25-16-4-2-3-15(10-16)22-11-14(9-17(22)23)21-18(24)20-13-7-5-12(19)6-8-13/h2-8,10,14H,9,11H2,1H3,(H2,20,21,24)/t14-/m0/s1. The van der Waals surface area contributed by atoms with Crippen LogP contribution >= 0.6 is 15.9 Å². The number of benzene rings is 2. The Morgan fingerprint density at radius 2 is 2.00 bits per heavy atom. The number of halogens is 1. The van der Waals surface area contributed by atoms with Crippen LogP contribution in [0, 0.1) is 0 Å². The molecule has 1 aliphatic heterocycles. The number of carbonyl (C=O) groups is 2. The molecule has 1 heterocycles. The molecule has 0 aromatic heterocycles. The first-order valence-electron chi connectivity index (χ1n) is 7.82. The molecule has 0 radical (unpaired) electrons. The fraction of sp³-hybridized carbons (Fsp3) is 0.222. The lowest BCUT2D eigenvalue weighted by Gasteiger charge is -2.18. The second-order valence-electron chi connectivity index (χ2n) is 5.71. The quantitative estimate of drug-likeness (QED) is 0.821. The van der Waals surface area contributed by atoms with Crippen molar-refractivity contribution in [2.75, 3.05) is 23.9 Å². The summed E-state index contributed by atoms with van der Waals surface area (Å²) in [6, 6.07) is 14.0. The number of anilines is 2. The Morgan fingerprint density at radius 3 is 2.72 bits per heavy atom. The van der Waals surface area contributed by atoms with Crippen LogP contribution < -0.4 is 20.3 Å². The lowest BCUT2D eigenvalue weighted by Crippen LogP contribution is -2.39. The van der Waals surface area contributed by atoms with Crippen molar-refractivity contribution in [3.63, 3.8) is 0 Å². The highest BCUT2D eigenvalue weighted by Crippen LogP contribution is 2.25. The van der Waals surface area contributed by atoms with E-state index in [0.29, 0.717) is 18.0 Å². The van der Waals surface area contributed by atoms with Crippen LogP contribution in [0.5, 0.6) is 5.75 Å². The van der Waals surface area contributed by atoms with E-state index in [1.807, 2.05) is 36.4 Å². The van der Waals surface area contributed by atoms with Gasteiger partial charge in [-0.05, 0) is 36.4 Å². The fourth-order valence-electron chi connectivity index (χ4n) is 2.72. The zero-order valence-electron chi connectivity index (χ0n) is 13.7. The molecule has 2 aromatic carbocycles. The van der Waals surface area contributed by atoms with Crippen LogP contribution in [0.3, 0.4) is 0 Å². The third-order valence-electron chi connectivity index (χ3n) is 3.93. The Balaban J connectivity index is 1.60. The Morgan fingerprint density at radius 1 is 1.24 bits per heavy atom. The van der Waals surface area contributed by atoms with Gasteiger partial charge in [0.25, 0.3) is 0 Å². The molecule has 0 aliphatic carbocycles. The average molecular weight is 404 g/mol. The minimum atomic E-state index is -0.326. The largest absolute Gasteiger partial charge is 0.497 e. The molecule has 6 nitrogen and oxygen atoms in total. The number of ether oxygens (including phenoxy) is 1. The summed E-state index contributed by atoms with van der Waals surface area (Å²) in [7, 11) is 1.59. The van der Waals surface area contributed by atoms with Crippen LogP contribution in [0.25, 0.3) is 0 Å². The fourth-order valence-corrected chi connectivity index (χ4v) is 2.98. The number of hydrogen-bond donors (Lipinski definition) is 2. The van der Waals surface area contributed by atoms with Gasteiger partial charge < -0.3 is 20.3 Å². The maximum Gasteiger partial charge on any atom is 0.319 e. The van der Waals surface area contributed by atoms with Gasteiger partial charge in [-0.3, -0.25) is 4.79 Å². The molecule has 2 aromatic rings. The van der Waals surface area contributed by atoms with E-state index in [0.717, 1.165) is 10.2 Å². The zero-order valence-corrected chi connectivity index (χ0v) is 15.2. The van der Waals surface area contributed by atoms with E-state index in [1.54, 1.807) is 24.1 Å². The summed E-state index contributed by atoms with van der Waals surface area (Å²) in [5.74, 6) is 0.664. The van der Waals surface area contributed by atoms with Crippen molar-refractivity contribution in [1.29, 1.82) is 0 Å². The molecule has 0 spiro atoms. The molecule has 0 unspecified atom stereocenters. The summed E-state index contributed by atoms with van der Waals surface area (Å²) in [4.78, 5) is 26.0. The minimum Gasteiger partial charge on any atom is -0.497 e. The monoisotopic (exact) mass is 403 g/mol. The second-order valence-corrected chi connectivity index (χ2v) is 6.63. The van der Waals surface area contributed by atoms with Gasteiger partial charge in [0.05, 0.1) is 13.2 Å². The van der Waals surface area contributed by atoms with E-state index in [-0.39, 0.29) is 24.4 Å². The van der Waals surface area contributed by atoms with Gasteiger partial charge in [0.1, 0.15) is 5.75 Å². The lowest BCUT2D eigenvalue weighted by molar-refractivity contribution is -0.117. The molecule has 0 saturated carbocycles. The second kappa shape index (κ2) is 7.57. The van der Waals surface area contributed by atoms with E-state index in [2.05, 4.69) is 26.6 Å². The number of urea groups is 1. The first kappa shape index (κ1) is 17.3. The van der Waals surface area contributed by atoms with Gasteiger partial charge >= 0.3 is 6.03 Å². The number of amides is 3. The van der Waals surface area contributed by atoms with Crippen LogP contribution in [0.2, 0.25) is 0 Å². The van der Waals surface area contributed by atoms with Gasteiger partial charge in [-0.25, -0.2) is 4.79 Å². The van der Waals surface area contributed by atoms with Crippen molar-refractivity contribution in [2.45, 2.75) is 12.5 Å². The Kier molecular flexibility index (Phi) is 5.23. The Bertz CT molecular complexity index is 779. The van der Waals surface area contributed by atoms with Gasteiger partial charge in [0, 0.05) is 34.9 Å². The van der Waals surface area contributed by atoms with E-state index in [9.17, 15) is 9.59 Å². The Hall–Kier alpha value is -2.54. The van der Waals surface area contributed by atoms with Crippen molar-refractivity contribution in [1.82, 2.24) is 5.32 Å².